The van der Waals surface area contributed by atoms with Gasteiger partial charge in [0.2, 0.25) is 0 Å². The molecule has 1 aromatic carbocycles. The summed E-state index contributed by atoms with van der Waals surface area (Å²) in [7, 11) is 1.72. The second kappa shape index (κ2) is 6.46. The average Bonchev–Trinajstić information content (AvgIpc) is 2.94. The van der Waals surface area contributed by atoms with E-state index in [2.05, 4.69) is 18.0 Å². The average molecular weight is 272 g/mol. The van der Waals surface area contributed by atoms with Crippen LogP contribution in [0.15, 0.2) is 29.6 Å². The maximum Gasteiger partial charge on any atom is 0.122 e. The van der Waals surface area contributed by atoms with Crippen LogP contribution in [0.3, 0.4) is 0 Å². The van der Waals surface area contributed by atoms with Crippen molar-refractivity contribution in [2.75, 3.05) is 7.11 Å². The zero-order valence-corrected chi connectivity index (χ0v) is 11.9. The molecule has 1 unspecified atom stereocenters. The SMILES string of the molecule is CCCC(OC)c1nc(-c2cccc(C#N)c2)cs1. The van der Waals surface area contributed by atoms with Crippen molar-refractivity contribution in [1.29, 1.82) is 5.26 Å². The van der Waals surface area contributed by atoms with Crippen LogP contribution in [-0.4, -0.2) is 12.1 Å². The molecule has 0 radical (unpaired) electrons. The Morgan fingerprint density at radius 1 is 1.47 bits per heavy atom. The molecule has 1 aromatic heterocycles. The molecule has 1 atom stereocenters. The first-order valence-electron chi connectivity index (χ1n) is 6.27. The van der Waals surface area contributed by atoms with Gasteiger partial charge in [-0.1, -0.05) is 25.5 Å². The molecule has 0 spiro atoms. The Morgan fingerprint density at radius 2 is 2.32 bits per heavy atom. The van der Waals surface area contributed by atoms with Crippen molar-refractivity contribution in [1.82, 2.24) is 4.98 Å². The predicted octanol–water partition coefficient (Wildman–Crippen LogP) is 4.17. The first kappa shape index (κ1) is 13.7. The Bertz CT molecular complexity index is 586. The Morgan fingerprint density at radius 3 is 3.00 bits per heavy atom. The number of thiazole rings is 1. The minimum atomic E-state index is 0.0721. The van der Waals surface area contributed by atoms with E-state index in [1.54, 1.807) is 24.5 Å². The lowest BCUT2D eigenvalue weighted by atomic mass is 10.1. The molecular formula is C15H16N2OS. The summed E-state index contributed by atoms with van der Waals surface area (Å²) in [6.07, 6.45) is 2.11. The van der Waals surface area contributed by atoms with E-state index in [1.807, 2.05) is 23.6 Å². The Kier molecular flexibility index (Phi) is 4.67. The molecule has 0 aliphatic rings. The minimum absolute atomic E-state index is 0.0721. The first-order chi connectivity index (χ1) is 9.28. The lowest BCUT2D eigenvalue weighted by Gasteiger charge is -2.10. The number of rotatable bonds is 5. The van der Waals surface area contributed by atoms with E-state index in [9.17, 15) is 0 Å². The molecule has 3 nitrogen and oxygen atoms in total. The number of nitriles is 1. The maximum atomic E-state index is 8.92. The first-order valence-corrected chi connectivity index (χ1v) is 7.15. The molecule has 0 aliphatic carbocycles. The van der Waals surface area contributed by atoms with E-state index in [0.717, 1.165) is 29.1 Å². The second-order valence-corrected chi connectivity index (χ2v) is 5.17. The Labute approximate surface area is 117 Å². The predicted molar refractivity (Wildman–Crippen MR) is 76.9 cm³/mol. The molecule has 0 amide bonds. The molecule has 1 heterocycles. The third-order valence-corrected chi connectivity index (χ3v) is 3.86. The minimum Gasteiger partial charge on any atom is -0.374 e. The molecule has 4 heteroatoms. The molecular weight excluding hydrogens is 256 g/mol. The summed E-state index contributed by atoms with van der Waals surface area (Å²) >= 11 is 1.61. The number of ether oxygens (including phenoxy) is 1. The standard InChI is InChI=1S/C15H16N2OS/c1-3-5-14(18-2)15-17-13(10-19-15)12-7-4-6-11(8-12)9-16/h4,6-8,10,14H,3,5H2,1-2H3. The molecule has 0 saturated heterocycles. The van der Waals surface area contributed by atoms with Crippen LogP contribution < -0.4 is 0 Å². The summed E-state index contributed by atoms with van der Waals surface area (Å²) in [6, 6.07) is 9.66. The monoisotopic (exact) mass is 272 g/mol. The van der Waals surface area contributed by atoms with E-state index in [-0.39, 0.29) is 6.10 Å². The van der Waals surface area contributed by atoms with E-state index in [4.69, 9.17) is 10.00 Å². The number of nitrogens with zero attached hydrogens (tertiary/aromatic N) is 2. The number of benzene rings is 1. The molecule has 0 bridgehead atoms. The Hall–Kier alpha value is -1.70. The topological polar surface area (TPSA) is 45.9 Å². The molecule has 0 aliphatic heterocycles. The molecule has 0 fully saturated rings. The summed E-state index contributed by atoms with van der Waals surface area (Å²) in [6.45, 7) is 2.14. The van der Waals surface area contributed by atoms with Crippen molar-refractivity contribution in [3.63, 3.8) is 0 Å². The lowest BCUT2D eigenvalue weighted by Crippen LogP contribution is -2.00. The summed E-state index contributed by atoms with van der Waals surface area (Å²) < 4.78 is 5.47. The normalized spacial score (nSPS) is 12.1. The zero-order chi connectivity index (χ0) is 13.7. The van der Waals surface area contributed by atoms with Crippen LogP contribution in [0.2, 0.25) is 0 Å². The molecule has 2 aromatic rings. The van der Waals surface area contributed by atoms with Gasteiger partial charge >= 0.3 is 0 Å². The Balaban J connectivity index is 2.27. The van der Waals surface area contributed by atoms with Crippen LogP contribution >= 0.6 is 11.3 Å². The largest absolute Gasteiger partial charge is 0.374 e. The molecule has 98 valence electrons. The molecule has 2 rings (SSSR count). The van der Waals surface area contributed by atoms with Crippen molar-refractivity contribution in [2.24, 2.45) is 0 Å². The highest BCUT2D eigenvalue weighted by atomic mass is 32.1. The van der Waals surface area contributed by atoms with Gasteiger partial charge in [-0.15, -0.1) is 11.3 Å². The van der Waals surface area contributed by atoms with Gasteiger partial charge in [-0.2, -0.15) is 5.26 Å². The van der Waals surface area contributed by atoms with E-state index < -0.39 is 0 Å². The fourth-order valence-electron chi connectivity index (χ4n) is 1.92. The van der Waals surface area contributed by atoms with Crippen molar-refractivity contribution in [3.05, 3.63) is 40.2 Å². The van der Waals surface area contributed by atoms with Crippen LogP contribution in [0.25, 0.3) is 11.3 Å². The van der Waals surface area contributed by atoms with Gasteiger partial charge in [0.05, 0.1) is 17.3 Å². The number of hydrogen-bond acceptors (Lipinski definition) is 4. The van der Waals surface area contributed by atoms with Crippen molar-refractivity contribution >= 4 is 11.3 Å². The van der Waals surface area contributed by atoms with Crippen molar-refractivity contribution in [2.45, 2.75) is 25.9 Å². The molecule has 0 N–H and O–H groups in total. The summed E-state index contributed by atoms with van der Waals surface area (Å²) in [4.78, 5) is 4.63. The second-order valence-electron chi connectivity index (χ2n) is 4.28. The van der Waals surface area contributed by atoms with Crippen molar-refractivity contribution in [3.8, 4) is 17.3 Å². The van der Waals surface area contributed by atoms with Gasteiger partial charge in [0.25, 0.3) is 0 Å². The van der Waals surface area contributed by atoms with Gasteiger partial charge in [0.1, 0.15) is 11.1 Å². The van der Waals surface area contributed by atoms with Gasteiger partial charge < -0.3 is 4.74 Å². The highest BCUT2D eigenvalue weighted by molar-refractivity contribution is 7.10. The summed E-state index contributed by atoms with van der Waals surface area (Å²) in [5.41, 5.74) is 2.55. The third kappa shape index (κ3) is 3.19. The van der Waals surface area contributed by atoms with Crippen LogP contribution in [0.5, 0.6) is 0 Å². The van der Waals surface area contributed by atoms with Gasteiger partial charge in [-0.25, -0.2) is 4.98 Å². The van der Waals surface area contributed by atoms with Crippen molar-refractivity contribution < 1.29 is 4.74 Å². The van der Waals surface area contributed by atoms with Gasteiger partial charge in [-0.3, -0.25) is 0 Å². The van der Waals surface area contributed by atoms with Gasteiger partial charge in [0.15, 0.2) is 0 Å². The number of methoxy groups -OCH3 is 1. The molecule has 19 heavy (non-hydrogen) atoms. The lowest BCUT2D eigenvalue weighted by molar-refractivity contribution is 0.0948. The van der Waals surface area contributed by atoms with Crippen LogP contribution in [0, 0.1) is 11.3 Å². The van der Waals surface area contributed by atoms with E-state index in [1.165, 1.54) is 0 Å². The number of hydrogen-bond donors (Lipinski definition) is 0. The van der Waals surface area contributed by atoms with Crippen LogP contribution in [-0.2, 0) is 4.74 Å². The van der Waals surface area contributed by atoms with Crippen LogP contribution in [0.1, 0.15) is 36.4 Å². The highest BCUT2D eigenvalue weighted by Crippen LogP contribution is 2.29. The molecule has 0 saturated carbocycles. The fraction of sp³-hybridized carbons (Fsp3) is 0.333. The van der Waals surface area contributed by atoms with Gasteiger partial charge in [-0.05, 0) is 18.6 Å². The summed E-state index contributed by atoms with van der Waals surface area (Å²) in [5, 5.41) is 11.9. The maximum absolute atomic E-state index is 8.92. The third-order valence-electron chi connectivity index (χ3n) is 2.92. The van der Waals surface area contributed by atoms with Gasteiger partial charge in [0, 0.05) is 18.1 Å². The number of aromatic nitrogens is 1. The highest BCUT2D eigenvalue weighted by Gasteiger charge is 2.14. The quantitative estimate of drug-likeness (QED) is 0.820. The van der Waals surface area contributed by atoms with E-state index >= 15 is 0 Å². The zero-order valence-electron chi connectivity index (χ0n) is 11.1. The fourth-order valence-corrected chi connectivity index (χ4v) is 2.86. The summed E-state index contributed by atoms with van der Waals surface area (Å²) in [5.74, 6) is 0. The smallest absolute Gasteiger partial charge is 0.122 e. The van der Waals surface area contributed by atoms with E-state index in [0.29, 0.717) is 5.56 Å². The van der Waals surface area contributed by atoms with Crippen LogP contribution in [0.4, 0.5) is 0 Å².